The van der Waals surface area contributed by atoms with Crippen LogP contribution in [0, 0.1) is 6.92 Å². The Bertz CT molecular complexity index is 1460. The van der Waals surface area contributed by atoms with Crippen LogP contribution in [0.1, 0.15) is 23.6 Å². The molecule has 0 saturated heterocycles. The van der Waals surface area contributed by atoms with Crippen LogP contribution < -0.4 is 5.56 Å². The third kappa shape index (κ3) is 3.99. The van der Waals surface area contributed by atoms with Gasteiger partial charge >= 0.3 is 0 Å². The van der Waals surface area contributed by atoms with Crippen LogP contribution in [0.2, 0.25) is 0 Å². The van der Waals surface area contributed by atoms with E-state index in [2.05, 4.69) is 29.9 Å². The molecule has 0 aliphatic heterocycles. The first kappa shape index (κ1) is 20.6. The Balaban J connectivity index is 1.57. The van der Waals surface area contributed by atoms with Crippen molar-refractivity contribution in [2.45, 2.75) is 19.3 Å². The van der Waals surface area contributed by atoms with Crippen LogP contribution in [-0.2, 0) is 0 Å². The lowest BCUT2D eigenvalue weighted by molar-refractivity contribution is 0.285. The van der Waals surface area contributed by atoms with Gasteiger partial charge in [-0.25, -0.2) is 15.0 Å². The summed E-state index contributed by atoms with van der Waals surface area (Å²) in [6.07, 6.45) is 12.4. The number of pyridine rings is 1. The average molecular weight is 442 g/mol. The summed E-state index contributed by atoms with van der Waals surface area (Å²) in [4.78, 5) is 39.3. The fourth-order valence-electron chi connectivity index (χ4n) is 3.84. The van der Waals surface area contributed by atoms with Crippen molar-refractivity contribution in [3.63, 3.8) is 0 Å². The molecule has 33 heavy (non-hydrogen) atoms. The number of aliphatic hydroxyl groups excluding tert-OH is 1. The van der Waals surface area contributed by atoms with Gasteiger partial charge in [0.05, 0.1) is 29.4 Å². The van der Waals surface area contributed by atoms with Crippen LogP contribution >= 0.6 is 0 Å². The Morgan fingerprint density at radius 3 is 2.94 bits per heavy atom. The minimum atomic E-state index is -0.295. The van der Waals surface area contributed by atoms with Gasteiger partial charge in [0.25, 0.3) is 5.56 Å². The molecular formula is C23H22N8O2. The van der Waals surface area contributed by atoms with Crippen LogP contribution in [0.4, 0.5) is 5.69 Å². The predicted octanol–water partition coefficient (Wildman–Crippen LogP) is 3.00. The lowest BCUT2D eigenvalue weighted by Gasteiger charge is -2.08. The van der Waals surface area contributed by atoms with E-state index >= 15 is 0 Å². The van der Waals surface area contributed by atoms with E-state index in [1.54, 1.807) is 43.5 Å². The highest BCUT2D eigenvalue weighted by molar-refractivity contribution is 5.86. The van der Waals surface area contributed by atoms with E-state index in [1.807, 2.05) is 29.8 Å². The second-order valence-electron chi connectivity index (χ2n) is 7.69. The molecule has 0 radical (unpaired) electrons. The number of hydrogen-bond acceptors (Lipinski definition) is 6. The molecule has 1 aromatic carbocycles. The number of aliphatic imine (C=N–C) groups is 1. The minimum absolute atomic E-state index is 0.0000349. The number of nitrogens with zero attached hydrogens (tertiary/aromatic N) is 5. The Labute approximate surface area is 188 Å². The third-order valence-corrected chi connectivity index (χ3v) is 5.49. The zero-order valence-electron chi connectivity index (χ0n) is 17.9. The molecule has 0 aliphatic rings. The van der Waals surface area contributed by atoms with Gasteiger partial charge in [-0.05, 0) is 37.1 Å². The zero-order chi connectivity index (χ0) is 22.8. The van der Waals surface area contributed by atoms with Gasteiger partial charge < -0.3 is 24.6 Å². The van der Waals surface area contributed by atoms with Gasteiger partial charge in [0.1, 0.15) is 11.4 Å². The van der Waals surface area contributed by atoms with Crippen LogP contribution in [0.25, 0.3) is 28.1 Å². The lowest BCUT2D eigenvalue weighted by atomic mass is 10.0. The monoisotopic (exact) mass is 442 g/mol. The lowest BCUT2D eigenvalue weighted by Crippen LogP contribution is -2.09. The molecule has 4 N–H and O–H groups in total. The van der Waals surface area contributed by atoms with Crippen molar-refractivity contribution < 1.29 is 5.11 Å². The Kier molecular flexibility index (Phi) is 5.41. The number of aliphatic hydroxyl groups is 1. The number of benzene rings is 1. The number of aromatic amines is 3. The molecule has 1 atom stereocenters. The van der Waals surface area contributed by atoms with Gasteiger partial charge in [0, 0.05) is 54.9 Å². The summed E-state index contributed by atoms with van der Waals surface area (Å²) in [7, 11) is 0. The van der Waals surface area contributed by atoms with Crippen molar-refractivity contribution >= 4 is 22.9 Å². The molecule has 4 aromatic heterocycles. The van der Waals surface area contributed by atoms with E-state index in [0.29, 0.717) is 23.5 Å². The standard InChI is InChI=1S/C23H22N8O2/c1-14-8-16(31-6-5-24-13-31)9-18-21(14)30-22(29-18)20-17(2-4-26-23(20)33)27-10-15(3-7-32)19-11-25-12-28-19/h2,4-6,8-13,15,32H,3,7H2,1H3,(H,25,28)(H,26,33)(H,29,30). The van der Waals surface area contributed by atoms with Gasteiger partial charge in [-0.3, -0.25) is 9.79 Å². The fraction of sp³-hybridized carbons (Fsp3) is 0.174. The molecule has 4 heterocycles. The van der Waals surface area contributed by atoms with E-state index in [-0.39, 0.29) is 18.1 Å². The van der Waals surface area contributed by atoms with E-state index in [1.165, 1.54) is 0 Å². The van der Waals surface area contributed by atoms with Gasteiger partial charge in [-0.15, -0.1) is 0 Å². The van der Waals surface area contributed by atoms with Gasteiger partial charge in [-0.1, -0.05) is 0 Å². The number of aromatic nitrogens is 7. The first-order chi connectivity index (χ1) is 16.1. The molecule has 0 saturated carbocycles. The Hall–Kier alpha value is -4.31. The normalized spacial score (nSPS) is 12.7. The highest BCUT2D eigenvalue weighted by Gasteiger charge is 2.17. The van der Waals surface area contributed by atoms with Crippen LogP contribution in [-0.4, -0.2) is 52.4 Å². The molecule has 166 valence electrons. The Morgan fingerprint density at radius 2 is 2.18 bits per heavy atom. The number of aryl methyl sites for hydroxylation is 1. The summed E-state index contributed by atoms with van der Waals surface area (Å²) in [5.74, 6) is 0.269. The van der Waals surface area contributed by atoms with E-state index in [0.717, 1.165) is 28.0 Å². The molecule has 0 aliphatic carbocycles. The van der Waals surface area contributed by atoms with Crippen molar-refractivity contribution in [1.29, 1.82) is 0 Å². The van der Waals surface area contributed by atoms with Crippen molar-refractivity contribution in [3.8, 4) is 17.1 Å². The SMILES string of the molecule is Cc1cc(-n2ccnc2)cc2[nH]c(-c3c(N=CC(CCO)c4cnc[nH]4)cc[nH]c3=O)nc12. The first-order valence-corrected chi connectivity index (χ1v) is 10.5. The molecule has 5 rings (SSSR count). The highest BCUT2D eigenvalue weighted by Crippen LogP contribution is 2.29. The van der Waals surface area contributed by atoms with Crippen LogP contribution in [0.15, 0.2) is 65.4 Å². The van der Waals surface area contributed by atoms with Crippen molar-refractivity contribution in [1.82, 2.24) is 34.5 Å². The summed E-state index contributed by atoms with van der Waals surface area (Å²) >= 11 is 0. The van der Waals surface area contributed by atoms with Crippen LogP contribution in [0.3, 0.4) is 0 Å². The van der Waals surface area contributed by atoms with Crippen LogP contribution in [0.5, 0.6) is 0 Å². The number of imidazole rings is 3. The molecule has 5 aromatic rings. The predicted molar refractivity (Wildman–Crippen MR) is 125 cm³/mol. The quantitative estimate of drug-likeness (QED) is 0.287. The maximum atomic E-state index is 12.8. The number of hydrogen-bond donors (Lipinski definition) is 4. The van der Waals surface area contributed by atoms with Crippen molar-refractivity contribution in [3.05, 3.63) is 77.3 Å². The molecule has 0 amide bonds. The molecule has 1 unspecified atom stereocenters. The van der Waals surface area contributed by atoms with E-state index < -0.39 is 0 Å². The molecule has 0 spiro atoms. The number of H-pyrrole nitrogens is 3. The summed E-state index contributed by atoms with van der Waals surface area (Å²) in [5.41, 5.74) is 4.87. The fourth-order valence-corrected chi connectivity index (χ4v) is 3.84. The molecule has 0 fully saturated rings. The minimum Gasteiger partial charge on any atom is -0.396 e. The van der Waals surface area contributed by atoms with Gasteiger partial charge in [0.2, 0.25) is 0 Å². The first-order valence-electron chi connectivity index (χ1n) is 10.5. The maximum absolute atomic E-state index is 12.8. The molecule has 10 nitrogen and oxygen atoms in total. The van der Waals surface area contributed by atoms with E-state index in [4.69, 9.17) is 4.98 Å². The number of nitrogens with one attached hydrogen (secondary N) is 3. The average Bonchev–Trinajstić information content (AvgIpc) is 3.58. The second kappa shape index (κ2) is 8.67. The molecular weight excluding hydrogens is 420 g/mol. The number of rotatable bonds is 7. The smallest absolute Gasteiger partial charge is 0.261 e. The van der Waals surface area contributed by atoms with Crippen molar-refractivity contribution in [2.24, 2.45) is 4.99 Å². The summed E-state index contributed by atoms with van der Waals surface area (Å²) in [6, 6.07) is 5.72. The summed E-state index contributed by atoms with van der Waals surface area (Å²) in [5, 5.41) is 9.44. The van der Waals surface area contributed by atoms with E-state index in [9.17, 15) is 9.90 Å². The summed E-state index contributed by atoms with van der Waals surface area (Å²) < 4.78 is 1.91. The highest BCUT2D eigenvalue weighted by atomic mass is 16.3. The second-order valence-corrected chi connectivity index (χ2v) is 7.69. The molecule has 10 heteroatoms. The summed E-state index contributed by atoms with van der Waals surface area (Å²) in [6.45, 7) is 1.98. The Morgan fingerprint density at radius 1 is 1.27 bits per heavy atom. The van der Waals surface area contributed by atoms with Gasteiger partial charge in [0.15, 0.2) is 0 Å². The number of fused-ring (bicyclic) bond motifs is 1. The zero-order valence-corrected chi connectivity index (χ0v) is 17.9. The van der Waals surface area contributed by atoms with Gasteiger partial charge in [-0.2, -0.15) is 0 Å². The maximum Gasteiger partial charge on any atom is 0.261 e. The third-order valence-electron chi connectivity index (χ3n) is 5.49. The van der Waals surface area contributed by atoms with Crippen molar-refractivity contribution in [2.75, 3.05) is 6.61 Å². The topological polar surface area (TPSA) is 141 Å². The largest absolute Gasteiger partial charge is 0.396 e. The molecule has 0 bridgehead atoms.